The number of ether oxygens (including phenoxy) is 1. The lowest BCUT2D eigenvalue weighted by Gasteiger charge is -2.19. The smallest absolute Gasteiger partial charge is 0.251 e. The molecule has 0 spiro atoms. The van der Waals surface area contributed by atoms with Crippen LogP contribution in [0.25, 0.3) is 12.2 Å². The third kappa shape index (κ3) is 7.29. The standard InChI is InChI=1S/C35H34F2N2O3/c1-22(2)24-13-15-25(16-14-24)30(19-23-9-11-27(12-10-23)34(40)38-3)35(41)39-28-20-31(36)29(32(37)21-28)18-17-26-7-5-6-8-33(26)42-4/h5-18,20-22,30H,19H2,1-4H3,(H,38,40)(H,39,41)/b18-17+. The third-order valence-corrected chi connectivity index (χ3v) is 7.12. The van der Waals surface area contributed by atoms with Crippen molar-refractivity contribution in [3.05, 3.63) is 130 Å². The number of carbonyl (C=O) groups excluding carboxylic acids is 2. The van der Waals surface area contributed by atoms with Crippen molar-refractivity contribution in [3.8, 4) is 5.75 Å². The molecule has 216 valence electrons. The Kier molecular flexibility index (Phi) is 9.86. The summed E-state index contributed by atoms with van der Waals surface area (Å²) in [6, 6.07) is 24.2. The highest BCUT2D eigenvalue weighted by Gasteiger charge is 2.23. The molecule has 1 unspecified atom stereocenters. The molecule has 0 bridgehead atoms. The van der Waals surface area contributed by atoms with E-state index in [-0.39, 0.29) is 17.2 Å². The van der Waals surface area contributed by atoms with Crippen molar-refractivity contribution in [2.45, 2.75) is 32.1 Å². The minimum Gasteiger partial charge on any atom is -0.496 e. The molecule has 0 fully saturated rings. The first-order valence-electron chi connectivity index (χ1n) is 13.7. The van der Waals surface area contributed by atoms with Gasteiger partial charge in [0.1, 0.15) is 17.4 Å². The Balaban J connectivity index is 1.59. The van der Waals surface area contributed by atoms with Gasteiger partial charge in [-0.25, -0.2) is 8.78 Å². The summed E-state index contributed by atoms with van der Waals surface area (Å²) in [5.41, 5.74) is 3.71. The van der Waals surface area contributed by atoms with Crippen molar-refractivity contribution in [2.24, 2.45) is 0 Å². The van der Waals surface area contributed by atoms with Crippen molar-refractivity contribution in [1.29, 1.82) is 0 Å². The molecule has 0 aliphatic carbocycles. The lowest BCUT2D eigenvalue weighted by Crippen LogP contribution is -2.23. The van der Waals surface area contributed by atoms with Gasteiger partial charge in [-0.05, 0) is 65.4 Å². The van der Waals surface area contributed by atoms with E-state index in [0.29, 0.717) is 29.2 Å². The monoisotopic (exact) mass is 568 g/mol. The average Bonchev–Trinajstić information content (AvgIpc) is 2.99. The molecular formula is C35H34F2N2O3. The first-order chi connectivity index (χ1) is 20.2. The van der Waals surface area contributed by atoms with Gasteiger partial charge < -0.3 is 15.4 Å². The van der Waals surface area contributed by atoms with Crippen molar-refractivity contribution in [3.63, 3.8) is 0 Å². The fraction of sp³-hybridized carbons (Fsp3) is 0.200. The van der Waals surface area contributed by atoms with Gasteiger partial charge in [0.15, 0.2) is 0 Å². The highest BCUT2D eigenvalue weighted by molar-refractivity contribution is 5.96. The number of hydrogen-bond acceptors (Lipinski definition) is 3. The molecule has 2 amide bonds. The number of anilines is 1. The quantitative estimate of drug-likeness (QED) is 0.194. The third-order valence-electron chi connectivity index (χ3n) is 7.12. The molecule has 7 heteroatoms. The van der Waals surface area contributed by atoms with E-state index >= 15 is 8.78 Å². The fourth-order valence-electron chi connectivity index (χ4n) is 4.67. The Hall–Kier alpha value is -4.78. The molecule has 42 heavy (non-hydrogen) atoms. The Morgan fingerprint density at radius 1 is 0.857 bits per heavy atom. The molecule has 2 N–H and O–H groups in total. The van der Waals surface area contributed by atoms with E-state index < -0.39 is 23.5 Å². The number of halogens is 2. The van der Waals surface area contributed by atoms with Crippen LogP contribution >= 0.6 is 0 Å². The predicted molar refractivity (Wildman–Crippen MR) is 164 cm³/mol. The molecule has 0 saturated carbocycles. The Labute approximate surface area is 245 Å². The predicted octanol–water partition coefficient (Wildman–Crippen LogP) is 7.59. The van der Waals surface area contributed by atoms with Gasteiger partial charge in [-0.15, -0.1) is 0 Å². The molecule has 4 rings (SSSR count). The SMILES string of the molecule is CNC(=O)c1ccc(CC(C(=O)Nc2cc(F)c(/C=C/c3ccccc3OC)c(F)c2)c2ccc(C(C)C)cc2)cc1. The summed E-state index contributed by atoms with van der Waals surface area (Å²) in [4.78, 5) is 25.5. The van der Waals surface area contributed by atoms with E-state index in [1.54, 1.807) is 61.7 Å². The minimum atomic E-state index is -0.806. The summed E-state index contributed by atoms with van der Waals surface area (Å²) in [5.74, 6) is -1.96. The van der Waals surface area contributed by atoms with Gasteiger partial charge in [0.25, 0.3) is 5.91 Å². The molecule has 0 aliphatic heterocycles. The van der Waals surface area contributed by atoms with E-state index in [1.165, 1.54) is 13.2 Å². The van der Waals surface area contributed by atoms with Gasteiger partial charge in [0.2, 0.25) is 5.91 Å². The molecule has 4 aromatic carbocycles. The first-order valence-corrected chi connectivity index (χ1v) is 13.7. The Morgan fingerprint density at radius 3 is 2.07 bits per heavy atom. The normalized spacial score (nSPS) is 11.9. The van der Waals surface area contributed by atoms with Crippen molar-refractivity contribution >= 4 is 29.7 Å². The van der Waals surface area contributed by atoms with Crippen molar-refractivity contribution in [1.82, 2.24) is 5.32 Å². The number of amides is 2. The maximum absolute atomic E-state index is 15.1. The summed E-state index contributed by atoms with van der Waals surface area (Å²) in [6.07, 6.45) is 3.24. The molecule has 0 heterocycles. The number of benzene rings is 4. The summed E-state index contributed by atoms with van der Waals surface area (Å²) in [6.45, 7) is 4.18. The van der Waals surface area contributed by atoms with Crippen LogP contribution in [0.4, 0.5) is 14.5 Å². The van der Waals surface area contributed by atoms with Crippen LogP contribution in [0.3, 0.4) is 0 Å². The fourth-order valence-corrected chi connectivity index (χ4v) is 4.67. The van der Waals surface area contributed by atoms with E-state index in [1.807, 2.05) is 24.3 Å². The van der Waals surface area contributed by atoms with Crippen molar-refractivity contribution in [2.75, 3.05) is 19.5 Å². The zero-order chi connectivity index (χ0) is 30.2. The molecule has 1 atom stereocenters. The molecule has 0 aliphatic rings. The average molecular weight is 569 g/mol. The van der Waals surface area contributed by atoms with Crippen LogP contribution in [-0.2, 0) is 11.2 Å². The summed E-state index contributed by atoms with van der Waals surface area (Å²) >= 11 is 0. The lowest BCUT2D eigenvalue weighted by atomic mass is 9.89. The van der Waals surface area contributed by atoms with Crippen LogP contribution in [0.15, 0.2) is 84.9 Å². The molecule has 0 saturated heterocycles. The minimum absolute atomic E-state index is 0.0169. The number of nitrogens with one attached hydrogen (secondary N) is 2. The Morgan fingerprint density at radius 2 is 1.48 bits per heavy atom. The topological polar surface area (TPSA) is 67.4 Å². The van der Waals surface area contributed by atoms with Crippen LogP contribution < -0.4 is 15.4 Å². The molecule has 5 nitrogen and oxygen atoms in total. The van der Waals surface area contributed by atoms with Crippen LogP contribution in [0, 0.1) is 11.6 Å². The largest absolute Gasteiger partial charge is 0.496 e. The number of hydrogen-bond donors (Lipinski definition) is 2. The van der Waals surface area contributed by atoms with Gasteiger partial charge in [0.05, 0.1) is 13.0 Å². The second-order valence-corrected chi connectivity index (χ2v) is 10.3. The van der Waals surface area contributed by atoms with Gasteiger partial charge in [0, 0.05) is 29.4 Å². The van der Waals surface area contributed by atoms with Gasteiger partial charge >= 0.3 is 0 Å². The van der Waals surface area contributed by atoms with Gasteiger partial charge in [-0.1, -0.05) is 74.5 Å². The number of para-hydroxylation sites is 1. The zero-order valence-corrected chi connectivity index (χ0v) is 24.1. The summed E-state index contributed by atoms with van der Waals surface area (Å²) in [5, 5.41) is 5.30. The number of rotatable bonds is 10. The van der Waals surface area contributed by atoms with E-state index in [2.05, 4.69) is 24.5 Å². The molecule has 0 aromatic heterocycles. The van der Waals surface area contributed by atoms with Crippen LogP contribution in [0.5, 0.6) is 5.75 Å². The molecular weight excluding hydrogens is 534 g/mol. The van der Waals surface area contributed by atoms with Gasteiger partial charge in [-0.3, -0.25) is 9.59 Å². The maximum Gasteiger partial charge on any atom is 0.251 e. The summed E-state index contributed by atoms with van der Waals surface area (Å²) in [7, 11) is 3.09. The lowest BCUT2D eigenvalue weighted by molar-refractivity contribution is -0.117. The van der Waals surface area contributed by atoms with E-state index in [4.69, 9.17) is 4.74 Å². The van der Waals surface area contributed by atoms with Crippen LogP contribution in [0.2, 0.25) is 0 Å². The first kappa shape index (κ1) is 30.2. The second-order valence-electron chi connectivity index (χ2n) is 10.3. The van der Waals surface area contributed by atoms with E-state index in [9.17, 15) is 9.59 Å². The maximum atomic E-state index is 15.1. The number of methoxy groups -OCH3 is 1. The summed E-state index contributed by atoms with van der Waals surface area (Å²) < 4.78 is 35.4. The van der Waals surface area contributed by atoms with Gasteiger partial charge in [-0.2, -0.15) is 0 Å². The molecule has 4 aromatic rings. The van der Waals surface area contributed by atoms with E-state index in [0.717, 1.165) is 28.8 Å². The van der Waals surface area contributed by atoms with Crippen LogP contribution in [-0.4, -0.2) is 26.0 Å². The van der Waals surface area contributed by atoms with Crippen LogP contribution in [0.1, 0.15) is 63.9 Å². The number of carbonyl (C=O) groups is 2. The zero-order valence-electron chi connectivity index (χ0n) is 24.1. The van der Waals surface area contributed by atoms with Crippen molar-refractivity contribution < 1.29 is 23.1 Å². The highest BCUT2D eigenvalue weighted by atomic mass is 19.1. The molecule has 0 radical (unpaired) electrons. The Bertz CT molecular complexity index is 1560. The highest BCUT2D eigenvalue weighted by Crippen LogP contribution is 2.28. The second kappa shape index (κ2) is 13.7.